The summed E-state index contributed by atoms with van der Waals surface area (Å²) in [6.45, 7) is 10.1. The van der Waals surface area contributed by atoms with Crippen LogP contribution in [0.3, 0.4) is 0 Å². The van der Waals surface area contributed by atoms with E-state index in [0.717, 1.165) is 48.1 Å². The molecule has 0 N–H and O–H groups in total. The van der Waals surface area contributed by atoms with Crippen LogP contribution in [0.25, 0.3) is 6.08 Å². The Bertz CT molecular complexity index is 958. The molecule has 1 heterocycles. The monoisotopic (exact) mass is 466 g/mol. The van der Waals surface area contributed by atoms with Crippen LogP contribution in [0.1, 0.15) is 61.5 Å². The van der Waals surface area contributed by atoms with Crippen molar-refractivity contribution in [1.29, 1.82) is 0 Å². The quantitative estimate of drug-likeness (QED) is 0.453. The zero-order valence-corrected chi connectivity index (χ0v) is 21.8. The van der Waals surface area contributed by atoms with Crippen LogP contribution in [-0.2, 0) is 6.42 Å². The van der Waals surface area contributed by atoms with Crippen molar-refractivity contribution in [2.24, 2.45) is 0 Å². The second-order valence-electron chi connectivity index (χ2n) is 9.12. The smallest absolute Gasteiger partial charge is 0.254 e. The number of carbonyl (C=O) groups is 1. The van der Waals surface area contributed by atoms with Crippen LogP contribution in [-0.4, -0.2) is 55.0 Å². The molecule has 1 aliphatic heterocycles. The molecule has 1 aliphatic rings. The first-order chi connectivity index (χ1) is 15.9. The summed E-state index contributed by atoms with van der Waals surface area (Å²) in [5, 5.41) is 0.933. The van der Waals surface area contributed by atoms with Crippen LogP contribution in [0.5, 0.6) is 5.75 Å². The maximum absolute atomic E-state index is 13.7. The Balaban J connectivity index is 1.79. The van der Waals surface area contributed by atoms with Gasteiger partial charge in [0.1, 0.15) is 5.75 Å². The summed E-state index contributed by atoms with van der Waals surface area (Å²) in [6.07, 6.45) is 6.55. The molecule has 4 nitrogen and oxygen atoms in total. The number of carbonyl (C=O) groups excluding carboxylic acids is 1. The second kappa shape index (κ2) is 12.3. The number of hydrogen-bond acceptors (Lipinski definition) is 3. The highest BCUT2D eigenvalue weighted by atomic mass is 31.0. The van der Waals surface area contributed by atoms with Crippen LogP contribution >= 0.6 is 9.24 Å². The molecule has 178 valence electrons. The van der Waals surface area contributed by atoms with E-state index in [0.29, 0.717) is 12.6 Å². The highest BCUT2D eigenvalue weighted by Gasteiger charge is 2.22. The minimum Gasteiger partial charge on any atom is -0.496 e. The first kappa shape index (κ1) is 25.5. The number of nitrogens with zero attached hydrogens (tertiary/aromatic N) is 2. The van der Waals surface area contributed by atoms with Crippen LogP contribution < -0.4 is 10.0 Å². The van der Waals surface area contributed by atoms with Gasteiger partial charge in [0.15, 0.2) is 0 Å². The predicted octanol–water partition coefficient (Wildman–Crippen LogP) is 5.18. The zero-order valence-electron chi connectivity index (χ0n) is 20.6. The highest BCUT2D eigenvalue weighted by Crippen LogP contribution is 2.23. The third-order valence-corrected chi connectivity index (χ3v) is 6.96. The molecule has 0 bridgehead atoms. The van der Waals surface area contributed by atoms with Gasteiger partial charge < -0.3 is 14.5 Å². The fourth-order valence-electron chi connectivity index (χ4n) is 4.75. The van der Waals surface area contributed by atoms with Crippen molar-refractivity contribution in [1.82, 2.24) is 9.80 Å². The van der Waals surface area contributed by atoms with Crippen LogP contribution in [0.4, 0.5) is 0 Å². The largest absolute Gasteiger partial charge is 0.496 e. The number of rotatable bonds is 10. The number of amides is 1. The molecule has 33 heavy (non-hydrogen) atoms. The normalized spacial score (nSPS) is 16.8. The maximum Gasteiger partial charge on any atom is 0.254 e. The summed E-state index contributed by atoms with van der Waals surface area (Å²) in [4.78, 5) is 18.2. The Morgan fingerprint density at radius 2 is 2.03 bits per heavy atom. The molecule has 0 aromatic heterocycles. The Morgan fingerprint density at radius 3 is 2.67 bits per heavy atom. The van der Waals surface area contributed by atoms with Crippen LogP contribution in [0.2, 0.25) is 0 Å². The molecule has 0 spiro atoms. The van der Waals surface area contributed by atoms with E-state index in [1.807, 2.05) is 35.2 Å². The van der Waals surface area contributed by atoms with Gasteiger partial charge in [-0.1, -0.05) is 48.9 Å². The summed E-state index contributed by atoms with van der Waals surface area (Å²) in [5.41, 5.74) is 4.15. The average molecular weight is 467 g/mol. The van der Waals surface area contributed by atoms with Crippen LogP contribution in [0.15, 0.2) is 48.0 Å². The van der Waals surface area contributed by atoms with E-state index >= 15 is 0 Å². The average Bonchev–Trinajstić information content (AvgIpc) is 3.22. The number of likely N-dealkylation sites (tertiary alicyclic amines) is 1. The van der Waals surface area contributed by atoms with Crippen molar-refractivity contribution < 1.29 is 9.53 Å². The minimum atomic E-state index is 0.0892. The van der Waals surface area contributed by atoms with Gasteiger partial charge in [-0.2, -0.15) is 0 Å². The fraction of sp³-hybridized carbons (Fsp3) is 0.464. The zero-order chi connectivity index (χ0) is 23.8. The maximum atomic E-state index is 13.7. The Morgan fingerprint density at radius 1 is 1.27 bits per heavy atom. The molecule has 0 aliphatic carbocycles. The van der Waals surface area contributed by atoms with E-state index in [4.69, 9.17) is 4.74 Å². The lowest BCUT2D eigenvalue weighted by Crippen LogP contribution is -2.36. The van der Waals surface area contributed by atoms with E-state index in [-0.39, 0.29) is 5.91 Å². The van der Waals surface area contributed by atoms with E-state index < -0.39 is 0 Å². The van der Waals surface area contributed by atoms with Gasteiger partial charge in [0, 0.05) is 36.5 Å². The van der Waals surface area contributed by atoms with Crippen molar-refractivity contribution in [3.05, 3.63) is 64.7 Å². The van der Waals surface area contributed by atoms with Gasteiger partial charge in [0.05, 0.1) is 7.11 Å². The van der Waals surface area contributed by atoms with E-state index in [1.165, 1.54) is 30.5 Å². The SMILES string of the molecule is CCc1cc(C(=O)N(CCCN2CCCC2C)C/C(C)=C\c2ccccc2)cc(P)c1OC. The van der Waals surface area contributed by atoms with Crippen molar-refractivity contribution in [3.63, 3.8) is 0 Å². The molecule has 2 atom stereocenters. The number of ether oxygens (including phenoxy) is 1. The van der Waals surface area contributed by atoms with Crippen molar-refractivity contribution in [3.8, 4) is 5.75 Å². The molecule has 1 amide bonds. The highest BCUT2D eigenvalue weighted by molar-refractivity contribution is 7.27. The molecule has 2 aromatic carbocycles. The number of methoxy groups -OCH3 is 1. The first-order valence-electron chi connectivity index (χ1n) is 12.1. The van der Waals surface area contributed by atoms with E-state index in [2.05, 4.69) is 53.1 Å². The number of aryl methyl sites for hydroxylation is 1. The molecule has 2 unspecified atom stereocenters. The molecule has 0 radical (unpaired) electrons. The lowest BCUT2D eigenvalue weighted by molar-refractivity contribution is 0.0762. The Labute approximate surface area is 202 Å². The predicted molar refractivity (Wildman–Crippen MR) is 143 cm³/mol. The summed E-state index contributed by atoms with van der Waals surface area (Å²) in [5.74, 6) is 0.945. The molecule has 5 heteroatoms. The topological polar surface area (TPSA) is 32.8 Å². The third kappa shape index (κ3) is 6.91. The Kier molecular flexibility index (Phi) is 9.52. The lowest BCUT2D eigenvalue weighted by atomic mass is 10.1. The van der Waals surface area contributed by atoms with Gasteiger partial charge in [-0.25, -0.2) is 0 Å². The van der Waals surface area contributed by atoms with Gasteiger partial charge in [0.25, 0.3) is 5.91 Å². The van der Waals surface area contributed by atoms with E-state index in [9.17, 15) is 4.79 Å². The second-order valence-corrected chi connectivity index (χ2v) is 9.74. The molecule has 2 aromatic rings. The van der Waals surface area contributed by atoms with Crippen molar-refractivity contribution in [2.45, 2.75) is 52.5 Å². The van der Waals surface area contributed by atoms with E-state index in [1.54, 1.807) is 7.11 Å². The molecule has 0 saturated carbocycles. The molecule has 1 fully saturated rings. The van der Waals surface area contributed by atoms with Crippen molar-refractivity contribution >= 4 is 26.5 Å². The summed E-state index contributed by atoms with van der Waals surface area (Å²) in [7, 11) is 4.41. The number of hydrogen-bond donors (Lipinski definition) is 0. The molecule has 1 saturated heterocycles. The Hall–Kier alpha value is -2.16. The fourth-order valence-corrected chi connectivity index (χ4v) is 5.24. The van der Waals surface area contributed by atoms with Gasteiger partial charge in [0.2, 0.25) is 0 Å². The van der Waals surface area contributed by atoms with Crippen LogP contribution in [0, 0.1) is 0 Å². The lowest BCUT2D eigenvalue weighted by Gasteiger charge is -2.27. The van der Waals surface area contributed by atoms with Gasteiger partial charge >= 0.3 is 0 Å². The van der Waals surface area contributed by atoms with Gasteiger partial charge in [-0.3, -0.25) is 4.79 Å². The number of benzene rings is 2. The molecular formula is C28H39N2O2P. The third-order valence-electron chi connectivity index (χ3n) is 6.53. The summed E-state index contributed by atoms with van der Waals surface area (Å²) in [6, 6.07) is 14.9. The molecule has 3 rings (SSSR count). The standard InChI is InChI=1S/C28H39N2O2P/c1-5-24-18-25(19-26(33)27(24)32-4)28(31)30(16-10-15-29-14-9-11-22(29)3)20-21(2)17-23-12-7-6-8-13-23/h6-8,12-13,17-19,22H,5,9-11,14-16,20,33H2,1-4H3/b21-17-. The van der Waals surface area contributed by atoms with Gasteiger partial charge in [-0.05, 0) is 69.3 Å². The first-order valence-corrected chi connectivity index (χ1v) is 12.7. The minimum absolute atomic E-state index is 0.0892. The molecular weight excluding hydrogens is 427 g/mol. The summed E-state index contributed by atoms with van der Waals surface area (Å²) < 4.78 is 5.56. The van der Waals surface area contributed by atoms with Crippen molar-refractivity contribution in [2.75, 3.05) is 33.3 Å². The summed E-state index contributed by atoms with van der Waals surface area (Å²) >= 11 is 0. The van der Waals surface area contributed by atoms with Gasteiger partial charge in [-0.15, -0.1) is 9.24 Å².